The average Bonchev–Trinajstić information content (AvgIpc) is 3.49. The molecule has 3 fully saturated rings. The smallest absolute Gasteiger partial charge is 0.340 e. The molecule has 3 heterocycles. The maximum absolute atomic E-state index is 12.2. The van der Waals surface area contributed by atoms with Crippen molar-refractivity contribution in [2.24, 2.45) is 11.8 Å². The molecule has 2 saturated carbocycles. The number of hydrogen-bond donors (Lipinski definition) is 5. The number of aliphatic hydroxyl groups excluding tert-OH is 2. The molecule has 0 spiro atoms. The first-order valence-corrected chi connectivity index (χ1v) is 15.4. The number of fused-ring (bicyclic) bond motifs is 2. The molecule has 0 amide bonds. The van der Waals surface area contributed by atoms with Gasteiger partial charge in [0, 0.05) is 12.1 Å². The second kappa shape index (κ2) is 9.18. The van der Waals surface area contributed by atoms with Crippen LogP contribution in [0.25, 0.3) is 11.2 Å². The van der Waals surface area contributed by atoms with Crippen molar-refractivity contribution in [2.45, 2.75) is 62.7 Å². The van der Waals surface area contributed by atoms with Gasteiger partial charge in [0.2, 0.25) is 0 Å². The summed E-state index contributed by atoms with van der Waals surface area (Å²) in [6, 6.07) is 1.93. The first kappa shape index (κ1) is 25.3. The molecule has 1 saturated heterocycles. The minimum atomic E-state index is -4.85. The van der Waals surface area contributed by atoms with Crippen LogP contribution in [0.4, 0.5) is 5.69 Å². The van der Waals surface area contributed by atoms with E-state index < -0.39 is 53.2 Å². The number of rotatable bonds is 7. The number of pyridine rings is 1. The molecule has 0 radical (unpaired) electrons. The molecule has 0 bridgehead atoms. The summed E-state index contributed by atoms with van der Waals surface area (Å²) in [7, 11) is -9.15. The molecule has 13 nitrogen and oxygen atoms in total. The Morgan fingerprint density at radius 3 is 2.71 bits per heavy atom. The van der Waals surface area contributed by atoms with Crippen molar-refractivity contribution >= 4 is 45.9 Å². The molecule has 2 aromatic heterocycles. The molecule has 5 rings (SSSR count). The first-order valence-electron chi connectivity index (χ1n) is 11.4. The van der Waals surface area contributed by atoms with Crippen molar-refractivity contribution in [3.63, 3.8) is 0 Å². The van der Waals surface area contributed by atoms with Crippen LogP contribution in [0, 0.1) is 11.8 Å². The highest BCUT2D eigenvalue weighted by Gasteiger charge is 2.47. The second-order valence-corrected chi connectivity index (χ2v) is 14.2. The Hall–Kier alpha value is -1.38. The van der Waals surface area contributed by atoms with Crippen molar-refractivity contribution in [1.29, 1.82) is 0 Å². The Kier molecular flexibility index (Phi) is 6.63. The summed E-state index contributed by atoms with van der Waals surface area (Å²) in [6.07, 6.45) is -0.188. The topological polar surface area (TPSA) is 197 Å². The first-order chi connectivity index (χ1) is 16.4. The standard InChI is InChI=1S/C19H27ClN5O8PS/c20-14-6-12(21-11-5-4-9-2-1-3-10(9)11)15-18(22-14)25(24-23-15)19-17(27)16(26)13(33-19)7-35(31,32)8-34(28,29)30/h6,9-11,13,16-17,19,26-27H,1-5,7-8H2,(H,21,22)(H2,28,29,30)/t9?,10?,11?,13-,16-,17-,19-/m1/s1. The zero-order valence-electron chi connectivity index (χ0n) is 18.5. The van der Waals surface area contributed by atoms with Gasteiger partial charge in [-0.3, -0.25) is 4.57 Å². The number of halogens is 1. The maximum Gasteiger partial charge on any atom is 0.340 e. The van der Waals surface area contributed by atoms with E-state index in [1.165, 1.54) is 25.7 Å². The summed E-state index contributed by atoms with van der Waals surface area (Å²) in [6.45, 7) is 0. The van der Waals surface area contributed by atoms with E-state index >= 15 is 0 Å². The highest BCUT2D eigenvalue weighted by Crippen LogP contribution is 2.45. The van der Waals surface area contributed by atoms with Crippen LogP contribution in [0.2, 0.25) is 5.15 Å². The van der Waals surface area contributed by atoms with Crippen LogP contribution in [0.1, 0.15) is 38.3 Å². The lowest BCUT2D eigenvalue weighted by Gasteiger charge is -2.21. The number of nitrogens with zero attached hydrogens (tertiary/aromatic N) is 4. The maximum atomic E-state index is 12.2. The van der Waals surface area contributed by atoms with Crippen LogP contribution in [-0.2, 0) is 19.1 Å². The monoisotopic (exact) mass is 551 g/mol. The summed E-state index contributed by atoms with van der Waals surface area (Å²) in [5.41, 5.74) is -0.193. The third kappa shape index (κ3) is 5.08. The van der Waals surface area contributed by atoms with Gasteiger partial charge in [0.05, 0.1) is 11.4 Å². The Balaban J connectivity index is 1.39. The van der Waals surface area contributed by atoms with Crippen molar-refractivity contribution in [3.05, 3.63) is 11.2 Å². The average molecular weight is 552 g/mol. The van der Waals surface area contributed by atoms with Crippen molar-refractivity contribution < 1.29 is 37.7 Å². The van der Waals surface area contributed by atoms with Gasteiger partial charge in [0.1, 0.15) is 23.5 Å². The van der Waals surface area contributed by atoms with E-state index in [1.807, 2.05) is 0 Å². The van der Waals surface area contributed by atoms with Crippen molar-refractivity contribution in [1.82, 2.24) is 20.0 Å². The fraction of sp³-hybridized carbons (Fsp3) is 0.737. The number of ether oxygens (including phenoxy) is 1. The van der Waals surface area contributed by atoms with E-state index in [0.29, 0.717) is 17.1 Å². The van der Waals surface area contributed by atoms with Gasteiger partial charge in [0.15, 0.2) is 32.7 Å². The summed E-state index contributed by atoms with van der Waals surface area (Å²) < 4.78 is 42.1. The van der Waals surface area contributed by atoms with Crippen LogP contribution in [0.3, 0.4) is 0 Å². The number of nitrogens with one attached hydrogen (secondary N) is 1. The largest absolute Gasteiger partial charge is 0.387 e. The normalized spacial score (nSPS) is 33.5. The third-order valence-electron chi connectivity index (χ3n) is 7.19. The lowest BCUT2D eigenvalue weighted by atomic mass is 9.97. The highest BCUT2D eigenvalue weighted by molar-refractivity contribution is 7.97. The Labute approximate surface area is 205 Å². The van der Waals surface area contributed by atoms with E-state index in [9.17, 15) is 23.2 Å². The highest BCUT2D eigenvalue weighted by atomic mass is 35.5. The molecule has 2 aliphatic carbocycles. The van der Waals surface area contributed by atoms with Gasteiger partial charge in [-0.2, -0.15) is 4.68 Å². The van der Waals surface area contributed by atoms with Crippen LogP contribution < -0.4 is 5.32 Å². The van der Waals surface area contributed by atoms with E-state index in [-0.39, 0.29) is 16.8 Å². The van der Waals surface area contributed by atoms with E-state index in [2.05, 4.69) is 20.6 Å². The molecule has 0 aromatic carbocycles. The summed E-state index contributed by atoms with van der Waals surface area (Å²) in [5.74, 6) is 0.404. The van der Waals surface area contributed by atoms with Crippen LogP contribution in [-0.4, -0.2) is 84.0 Å². The van der Waals surface area contributed by atoms with Gasteiger partial charge < -0.3 is 30.1 Å². The minimum absolute atomic E-state index is 0.151. The molecule has 7 atom stereocenters. The van der Waals surface area contributed by atoms with Gasteiger partial charge in [-0.1, -0.05) is 29.7 Å². The zero-order valence-corrected chi connectivity index (χ0v) is 21.0. The van der Waals surface area contributed by atoms with E-state index in [1.54, 1.807) is 6.07 Å². The minimum Gasteiger partial charge on any atom is -0.387 e. The van der Waals surface area contributed by atoms with Gasteiger partial charge in [-0.25, -0.2) is 13.4 Å². The second-order valence-electron chi connectivity index (χ2n) is 9.63. The summed E-state index contributed by atoms with van der Waals surface area (Å²) >= 11 is 6.27. The molecular weight excluding hydrogens is 525 g/mol. The Morgan fingerprint density at radius 2 is 1.97 bits per heavy atom. The van der Waals surface area contributed by atoms with Crippen LogP contribution in [0.15, 0.2) is 6.07 Å². The third-order valence-corrected chi connectivity index (χ3v) is 11.1. The molecule has 1 aliphatic heterocycles. The van der Waals surface area contributed by atoms with Gasteiger partial charge in [-0.05, 0) is 31.1 Å². The number of hydrogen-bond acceptors (Lipinski definition) is 10. The SMILES string of the molecule is O=P(O)(O)CS(=O)(=O)C[C@H]1O[C@@H](n2nnc3c(NC4CCC5CCCC54)cc(Cl)nc32)[C@H](O)[C@@H]1O. The predicted molar refractivity (Wildman–Crippen MR) is 124 cm³/mol. The number of anilines is 1. The molecule has 16 heteroatoms. The van der Waals surface area contributed by atoms with Crippen molar-refractivity contribution in [2.75, 3.05) is 16.6 Å². The fourth-order valence-electron chi connectivity index (χ4n) is 5.74. The molecule has 35 heavy (non-hydrogen) atoms. The molecule has 5 N–H and O–H groups in total. The zero-order chi connectivity index (χ0) is 25.1. The number of sulfone groups is 1. The lowest BCUT2D eigenvalue weighted by molar-refractivity contribution is -0.0375. The fourth-order valence-corrected chi connectivity index (χ4v) is 9.17. The Morgan fingerprint density at radius 1 is 1.20 bits per heavy atom. The predicted octanol–water partition coefficient (Wildman–Crippen LogP) is 0.639. The Bertz CT molecular complexity index is 1270. The number of aromatic nitrogens is 4. The molecule has 3 unspecified atom stereocenters. The number of aliphatic hydroxyl groups is 2. The van der Waals surface area contributed by atoms with E-state index in [0.717, 1.165) is 17.0 Å². The van der Waals surface area contributed by atoms with Gasteiger partial charge in [0.25, 0.3) is 0 Å². The van der Waals surface area contributed by atoms with Gasteiger partial charge in [-0.15, -0.1) is 5.10 Å². The molecule has 194 valence electrons. The van der Waals surface area contributed by atoms with E-state index in [4.69, 9.17) is 26.1 Å². The summed E-state index contributed by atoms with van der Waals surface area (Å²) in [5, 5.41) is 32.9. The van der Waals surface area contributed by atoms with Gasteiger partial charge >= 0.3 is 7.60 Å². The molecule has 2 aromatic rings. The molecular formula is C19H27ClN5O8PS. The summed E-state index contributed by atoms with van der Waals surface area (Å²) in [4.78, 5) is 22.3. The van der Waals surface area contributed by atoms with Crippen molar-refractivity contribution in [3.8, 4) is 0 Å². The molecule has 3 aliphatic rings. The van der Waals surface area contributed by atoms with Crippen LogP contribution >= 0.6 is 19.2 Å². The van der Waals surface area contributed by atoms with Crippen LogP contribution in [0.5, 0.6) is 0 Å². The quantitative estimate of drug-likeness (QED) is 0.238. The lowest BCUT2D eigenvalue weighted by Crippen LogP contribution is -2.36.